The van der Waals surface area contributed by atoms with Gasteiger partial charge in [0.2, 0.25) is 0 Å². The first kappa shape index (κ1) is 20.9. The van der Waals surface area contributed by atoms with Gasteiger partial charge in [-0.25, -0.2) is 14.8 Å². The second kappa shape index (κ2) is 7.88. The van der Waals surface area contributed by atoms with E-state index >= 15 is 0 Å². The quantitative estimate of drug-likeness (QED) is 0.244. The smallest absolute Gasteiger partial charge is 0.330 e. The SMILES string of the molecule is C=CCn1c(C)cc(C(=O)CSc2nc(C3CC3)nc3c2c(=O)[nH]c(=O)n3C2CC2)c1C. The van der Waals surface area contributed by atoms with Crippen LogP contribution in [-0.2, 0) is 6.54 Å². The average molecular weight is 452 g/mol. The standard InChI is InChI=1S/C23H25N5O3S/c1-4-9-27-12(2)10-16(13(27)3)17(29)11-32-22-18-20(24-19(25-22)14-5-6-14)28(15-7-8-15)23(31)26-21(18)30/h4,10,14-15H,1,5-9,11H2,2-3H3,(H,26,30,31). The van der Waals surface area contributed by atoms with Crippen molar-refractivity contribution in [1.29, 1.82) is 0 Å². The second-order valence-corrected chi connectivity index (χ2v) is 9.58. The fourth-order valence-electron chi connectivity index (χ4n) is 4.14. The lowest BCUT2D eigenvalue weighted by molar-refractivity contribution is 0.102. The van der Waals surface area contributed by atoms with Gasteiger partial charge >= 0.3 is 5.69 Å². The zero-order valence-corrected chi connectivity index (χ0v) is 19.0. The fraction of sp³-hybridized carbons (Fsp3) is 0.435. The van der Waals surface area contributed by atoms with Crippen LogP contribution in [0.15, 0.2) is 33.3 Å². The Balaban J connectivity index is 1.53. The molecule has 3 heterocycles. The van der Waals surface area contributed by atoms with E-state index in [1.54, 1.807) is 10.6 Å². The molecule has 2 aliphatic rings. The summed E-state index contributed by atoms with van der Waals surface area (Å²) in [6.07, 6.45) is 5.60. The molecule has 1 N–H and O–H groups in total. The minimum Gasteiger partial charge on any atom is -0.345 e. The summed E-state index contributed by atoms with van der Waals surface area (Å²) in [5.41, 5.74) is 2.05. The van der Waals surface area contributed by atoms with Crippen molar-refractivity contribution in [2.24, 2.45) is 0 Å². The number of H-pyrrole nitrogens is 1. The van der Waals surface area contributed by atoms with Crippen LogP contribution in [0, 0.1) is 13.8 Å². The molecule has 2 fully saturated rings. The van der Waals surface area contributed by atoms with Crippen LogP contribution in [0.4, 0.5) is 0 Å². The highest BCUT2D eigenvalue weighted by Gasteiger charge is 2.32. The zero-order chi connectivity index (χ0) is 22.6. The summed E-state index contributed by atoms with van der Waals surface area (Å²) in [6, 6.07) is 1.96. The molecule has 9 heteroatoms. The largest absolute Gasteiger partial charge is 0.345 e. The molecular weight excluding hydrogens is 426 g/mol. The molecule has 0 saturated heterocycles. The topological polar surface area (TPSA) is 103 Å². The molecule has 3 aromatic rings. The first-order valence-corrected chi connectivity index (χ1v) is 11.9. The van der Waals surface area contributed by atoms with E-state index < -0.39 is 11.2 Å². The second-order valence-electron chi connectivity index (χ2n) is 8.62. The molecule has 2 aliphatic carbocycles. The number of carbonyl (C=O) groups excluding carboxylic acids is 1. The van der Waals surface area contributed by atoms with E-state index in [9.17, 15) is 14.4 Å². The van der Waals surface area contributed by atoms with Crippen LogP contribution < -0.4 is 11.2 Å². The molecule has 0 amide bonds. The van der Waals surface area contributed by atoms with E-state index in [4.69, 9.17) is 0 Å². The molecule has 5 rings (SSSR count). The molecule has 0 radical (unpaired) electrons. The Morgan fingerprint density at radius 2 is 2.00 bits per heavy atom. The molecule has 0 unspecified atom stereocenters. The number of nitrogens with zero attached hydrogens (tertiary/aromatic N) is 4. The van der Waals surface area contributed by atoms with Crippen molar-refractivity contribution >= 4 is 28.6 Å². The number of allylic oxidation sites excluding steroid dienone is 1. The Hall–Kier alpha value is -2.94. The maximum atomic E-state index is 13.1. The van der Waals surface area contributed by atoms with Crippen molar-refractivity contribution in [2.75, 3.05) is 5.75 Å². The first-order chi connectivity index (χ1) is 15.4. The summed E-state index contributed by atoms with van der Waals surface area (Å²) in [6.45, 7) is 8.33. The monoisotopic (exact) mass is 451 g/mol. The van der Waals surface area contributed by atoms with Gasteiger partial charge in [0.25, 0.3) is 5.56 Å². The minimum atomic E-state index is -0.497. The summed E-state index contributed by atoms with van der Waals surface area (Å²) < 4.78 is 3.65. The Morgan fingerprint density at radius 1 is 1.25 bits per heavy atom. The number of aromatic amines is 1. The van der Waals surface area contributed by atoms with E-state index in [-0.39, 0.29) is 23.5 Å². The third-order valence-corrected chi connectivity index (χ3v) is 7.12. The van der Waals surface area contributed by atoms with E-state index in [1.807, 2.05) is 19.9 Å². The fourth-order valence-corrected chi connectivity index (χ4v) is 5.05. The van der Waals surface area contributed by atoms with Gasteiger partial charge in [0.15, 0.2) is 11.4 Å². The van der Waals surface area contributed by atoms with Crippen LogP contribution in [0.5, 0.6) is 0 Å². The number of thioether (sulfide) groups is 1. The lowest BCUT2D eigenvalue weighted by Gasteiger charge is -2.12. The Bertz CT molecular complexity index is 1380. The molecule has 0 aromatic carbocycles. The molecular formula is C23H25N5O3S. The van der Waals surface area contributed by atoms with Gasteiger partial charge in [-0.1, -0.05) is 17.8 Å². The van der Waals surface area contributed by atoms with E-state index in [0.717, 1.165) is 37.1 Å². The molecule has 0 bridgehead atoms. The van der Waals surface area contributed by atoms with Crippen LogP contribution in [0.1, 0.15) is 65.2 Å². The van der Waals surface area contributed by atoms with Crippen LogP contribution in [0.2, 0.25) is 0 Å². The van der Waals surface area contributed by atoms with Crippen LogP contribution in [-0.4, -0.2) is 35.6 Å². The zero-order valence-electron chi connectivity index (χ0n) is 18.2. The number of hydrogen-bond donors (Lipinski definition) is 1. The number of ketones is 1. The summed E-state index contributed by atoms with van der Waals surface area (Å²) in [5.74, 6) is 1.05. The predicted octanol–water partition coefficient (Wildman–Crippen LogP) is 3.27. The van der Waals surface area contributed by atoms with Crippen molar-refractivity contribution < 1.29 is 4.79 Å². The van der Waals surface area contributed by atoms with E-state index in [2.05, 4.69) is 26.1 Å². The van der Waals surface area contributed by atoms with E-state index in [1.165, 1.54) is 11.8 Å². The number of aromatic nitrogens is 5. The molecule has 2 saturated carbocycles. The highest BCUT2D eigenvalue weighted by atomic mass is 32.2. The Kier molecular flexibility index (Phi) is 5.16. The predicted molar refractivity (Wildman–Crippen MR) is 124 cm³/mol. The summed E-state index contributed by atoms with van der Waals surface area (Å²) in [5, 5.41) is 0.775. The molecule has 0 spiro atoms. The van der Waals surface area contributed by atoms with Gasteiger partial charge in [0.1, 0.15) is 16.2 Å². The molecule has 0 atom stereocenters. The highest BCUT2D eigenvalue weighted by molar-refractivity contribution is 8.00. The highest BCUT2D eigenvalue weighted by Crippen LogP contribution is 2.41. The molecule has 3 aromatic heterocycles. The van der Waals surface area contributed by atoms with Gasteiger partial charge in [-0.15, -0.1) is 6.58 Å². The summed E-state index contributed by atoms with van der Waals surface area (Å²) >= 11 is 1.24. The van der Waals surface area contributed by atoms with Crippen molar-refractivity contribution in [2.45, 2.75) is 63.1 Å². The number of hydrogen-bond acceptors (Lipinski definition) is 6. The lowest BCUT2D eigenvalue weighted by atomic mass is 10.2. The van der Waals surface area contributed by atoms with Crippen LogP contribution in [0.25, 0.3) is 11.0 Å². The Morgan fingerprint density at radius 3 is 2.66 bits per heavy atom. The molecule has 32 heavy (non-hydrogen) atoms. The molecule has 0 aliphatic heterocycles. The number of nitrogens with one attached hydrogen (secondary N) is 1. The molecule has 8 nitrogen and oxygen atoms in total. The minimum absolute atomic E-state index is 0.0231. The van der Waals surface area contributed by atoms with Gasteiger partial charge in [0, 0.05) is 35.5 Å². The van der Waals surface area contributed by atoms with Gasteiger partial charge < -0.3 is 4.57 Å². The van der Waals surface area contributed by atoms with Gasteiger partial charge in [-0.2, -0.15) is 0 Å². The third kappa shape index (κ3) is 3.64. The maximum Gasteiger partial charge on any atom is 0.330 e. The number of carbonyl (C=O) groups is 1. The normalized spacial score (nSPS) is 15.9. The van der Waals surface area contributed by atoms with Crippen molar-refractivity contribution in [3.8, 4) is 0 Å². The number of fused-ring (bicyclic) bond motifs is 1. The lowest BCUT2D eigenvalue weighted by Crippen LogP contribution is -2.31. The number of Topliss-reactive ketones (excluding diaryl/α,β-unsaturated/α-hetero) is 1. The van der Waals surface area contributed by atoms with Gasteiger partial charge in [-0.3, -0.25) is 19.1 Å². The van der Waals surface area contributed by atoms with Crippen molar-refractivity contribution in [3.63, 3.8) is 0 Å². The third-order valence-electron chi connectivity index (χ3n) is 6.15. The summed E-state index contributed by atoms with van der Waals surface area (Å²) in [7, 11) is 0. The maximum absolute atomic E-state index is 13.1. The average Bonchev–Trinajstić information content (AvgIpc) is 3.66. The van der Waals surface area contributed by atoms with Gasteiger partial charge in [-0.05, 0) is 45.6 Å². The summed E-state index contributed by atoms with van der Waals surface area (Å²) in [4.78, 5) is 50.0. The van der Waals surface area contributed by atoms with Crippen LogP contribution in [0.3, 0.4) is 0 Å². The number of rotatable bonds is 8. The first-order valence-electron chi connectivity index (χ1n) is 10.9. The number of aryl methyl sites for hydroxylation is 1. The molecule has 166 valence electrons. The Labute approximate surface area is 188 Å². The van der Waals surface area contributed by atoms with Crippen LogP contribution >= 0.6 is 11.8 Å². The van der Waals surface area contributed by atoms with Gasteiger partial charge in [0.05, 0.1) is 5.75 Å². The van der Waals surface area contributed by atoms with Crippen molar-refractivity contribution in [1.82, 2.24) is 24.1 Å². The van der Waals surface area contributed by atoms with Crippen molar-refractivity contribution in [3.05, 3.63) is 62.3 Å². The van der Waals surface area contributed by atoms with E-state index in [0.29, 0.717) is 34.0 Å².